The maximum Gasteiger partial charge on any atom is 0.349 e. The van der Waals surface area contributed by atoms with Gasteiger partial charge in [0.1, 0.15) is 17.2 Å². The Hall–Kier alpha value is -3.86. The van der Waals surface area contributed by atoms with Gasteiger partial charge in [-0.05, 0) is 53.2 Å². The Kier molecular flexibility index (Phi) is 5.15. The van der Waals surface area contributed by atoms with Crippen LogP contribution in [0, 0.1) is 0 Å². The fourth-order valence-electron chi connectivity index (χ4n) is 2.67. The summed E-state index contributed by atoms with van der Waals surface area (Å²) in [4.78, 5) is 16.1. The molecule has 0 atom stereocenters. The van der Waals surface area contributed by atoms with Crippen molar-refractivity contribution in [2.24, 2.45) is 0 Å². The summed E-state index contributed by atoms with van der Waals surface area (Å²) in [5, 5.41) is 2.10. The van der Waals surface area contributed by atoms with Gasteiger partial charge >= 0.3 is 5.97 Å². The molecule has 0 saturated heterocycles. The molecule has 0 aliphatic carbocycles. The second-order valence-electron chi connectivity index (χ2n) is 6.01. The maximum atomic E-state index is 12.0. The zero-order valence-electron chi connectivity index (χ0n) is 14.9. The topological polar surface area (TPSA) is 57.7 Å². The van der Waals surface area contributed by atoms with Crippen molar-refractivity contribution in [2.45, 2.75) is 0 Å². The number of carbonyl (C=O) groups is 1. The molecule has 1 heterocycles. The van der Waals surface area contributed by atoms with E-state index in [1.54, 1.807) is 42.6 Å². The van der Waals surface area contributed by atoms with Gasteiger partial charge in [-0.2, -0.15) is 0 Å². The third kappa shape index (κ3) is 4.45. The van der Waals surface area contributed by atoms with E-state index in [9.17, 15) is 4.79 Å². The summed E-state index contributed by atoms with van der Waals surface area (Å²) in [7, 11) is 0. The summed E-state index contributed by atoms with van der Waals surface area (Å²) in [6.45, 7) is -0.187. The Morgan fingerprint density at radius 3 is 2.25 bits per heavy atom. The van der Waals surface area contributed by atoms with Gasteiger partial charge in [0.25, 0.3) is 0 Å². The van der Waals surface area contributed by atoms with Crippen LogP contribution in [0.5, 0.6) is 23.1 Å². The van der Waals surface area contributed by atoms with E-state index in [0.29, 0.717) is 23.1 Å². The third-order valence-electron chi connectivity index (χ3n) is 3.99. The average molecular weight is 371 g/mol. The van der Waals surface area contributed by atoms with E-state index in [2.05, 4.69) is 4.98 Å². The number of carbonyl (C=O) groups excluding carboxylic acids is 1. The molecular formula is C23H17NO4. The summed E-state index contributed by atoms with van der Waals surface area (Å²) in [6, 6.07) is 25.8. The molecule has 0 fully saturated rings. The van der Waals surface area contributed by atoms with E-state index < -0.39 is 5.97 Å². The highest BCUT2D eigenvalue weighted by Gasteiger charge is 2.07. The summed E-state index contributed by atoms with van der Waals surface area (Å²) < 4.78 is 16.5. The average Bonchev–Trinajstić information content (AvgIpc) is 2.74. The second kappa shape index (κ2) is 8.22. The molecule has 3 aromatic carbocycles. The number of ether oxygens (including phenoxy) is 3. The normalized spacial score (nSPS) is 10.4. The van der Waals surface area contributed by atoms with Crippen LogP contribution in [0.4, 0.5) is 0 Å². The van der Waals surface area contributed by atoms with E-state index in [1.807, 2.05) is 48.5 Å². The lowest BCUT2D eigenvalue weighted by molar-refractivity contribution is -0.136. The van der Waals surface area contributed by atoms with E-state index in [0.717, 1.165) is 10.8 Å². The van der Waals surface area contributed by atoms with Crippen molar-refractivity contribution >= 4 is 16.7 Å². The second-order valence-corrected chi connectivity index (χ2v) is 6.01. The smallest absolute Gasteiger partial charge is 0.349 e. The standard InChI is InChI=1S/C23H17NO4/c25-23(28-21-9-8-17-5-1-2-6-18(17)15-21)16-26-19-10-12-20(13-11-19)27-22-7-3-4-14-24-22/h1-15H,16H2. The molecule has 0 aliphatic heterocycles. The zero-order chi connectivity index (χ0) is 19.2. The summed E-state index contributed by atoms with van der Waals surface area (Å²) in [5.74, 6) is 1.71. The van der Waals surface area contributed by atoms with Crippen LogP contribution in [-0.4, -0.2) is 17.6 Å². The molecule has 0 aliphatic rings. The number of aromatic nitrogens is 1. The molecule has 0 saturated carbocycles. The molecule has 0 radical (unpaired) electrons. The highest BCUT2D eigenvalue weighted by molar-refractivity contribution is 5.84. The fraction of sp³-hybridized carbons (Fsp3) is 0.0435. The zero-order valence-corrected chi connectivity index (χ0v) is 14.9. The Labute approximate surface area is 162 Å². The number of rotatable bonds is 6. The van der Waals surface area contributed by atoms with Crippen LogP contribution in [0.1, 0.15) is 0 Å². The lowest BCUT2D eigenvalue weighted by Crippen LogP contribution is -2.17. The number of hydrogen-bond donors (Lipinski definition) is 0. The van der Waals surface area contributed by atoms with Gasteiger partial charge in [0.15, 0.2) is 6.61 Å². The van der Waals surface area contributed by atoms with Crippen molar-refractivity contribution in [2.75, 3.05) is 6.61 Å². The van der Waals surface area contributed by atoms with Crippen molar-refractivity contribution in [1.82, 2.24) is 4.98 Å². The predicted molar refractivity (Wildman–Crippen MR) is 106 cm³/mol. The molecular weight excluding hydrogens is 354 g/mol. The summed E-state index contributed by atoms with van der Waals surface area (Å²) >= 11 is 0. The van der Waals surface area contributed by atoms with E-state index in [1.165, 1.54) is 0 Å². The third-order valence-corrected chi connectivity index (χ3v) is 3.99. The molecule has 5 heteroatoms. The number of esters is 1. The van der Waals surface area contributed by atoms with E-state index in [-0.39, 0.29) is 6.61 Å². The molecule has 5 nitrogen and oxygen atoms in total. The molecule has 138 valence electrons. The lowest BCUT2D eigenvalue weighted by Gasteiger charge is -2.09. The first kappa shape index (κ1) is 17.5. The lowest BCUT2D eigenvalue weighted by atomic mass is 10.1. The minimum absolute atomic E-state index is 0.187. The van der Waals surface area contributed by atoms with Gasteiger partial charge < -0.3 is 14.2 Å². The fourth-order valence-corrected chi connectivity index (χ4v) is 2.67. The SMILES string of the molecule is O=C(COc1ccc(Oc2ccccn2)cc1)Oc1ccc2ccccc2c1. The monoisotopic (exact) mass is 371 g/mol. The molecule has 1 aromatic heterocycles. The van der Waals surface area contributed by atoms with Gasteiger partial charge in [-0.1, -0.05) is 36.4 Å². The Balaban J connectivity index is 1.31. The molecule has 4 aromatic rings. The molecule has 4 rings (SSSR count). The minimum atomic E-state index is -0.468. The van der Waals surface area contributed by atoms with E-state index >= 15 is 0 Å². The number of benzene rings is 3. The Bertz CT molecular complexity index is 1080. The molecule has 0 spiro atoms. The van der Waals surface area contributed by atoms with Crippen LogP contribution in [0.2, 0.25) is 0 Å². The molecule has 0 N–H and O–H groups in total. The van der Waals surface area contributed by atoms with Crippen LogP contribution in [-0.2, 0) is 4.79 Å². The molecule has 0 unspecified atom stereocenters. The van der Waals surface area contributed by atoms with Gasteiger partial charge in [0, 0.05) is 12.3 Å². The highest BCUT2D eigenvalue weighted by Crippen LogP contribution is 2.23. The van der Waals surface area contributed by atoms with E-state index in [4.69, 9.17) is 14.2 Å². The number of fused-ring (bicyclic) bond motifs is 1. The largest absolute Gasteiger partial charge is 0.482 e. The van der Waals surface area contributed by atoms with Crippen LogP contribution in [0.3, 0.4) is 0 Å². The number of nitrogens with zero attached hydrogens (tertiary/aromatic N) is 1. The first-order chi connectivity index (χ1) is 13.8. The minimum Gasteiger partial charge on any atom is -0.482 e. The maximum absolute atomic E-state index is 12.0. The van der Waals surface area contributed by atoms with Crippen LogP contribution < -0.4 is 14.2 Å². The first-order valence-electron chi connectivity index (χ1n) is 8.77. The van der Waals surface area contributed by atoms with Crippen LogP contribution in [0.25, 0.3) is 10.8 Å². The quantitative estimate of drug-likeness (QED) is 0.352. The molecule has 28 heavy (non-hydrogen) atoms. The predicted octanol–water partition coefficient (Wildman–Crippen LogP) is 5.01. The summed E-state index contributed by atoms with van der Waals surface area (Å²) in [6.07, 6.45) is 1.66. The molecule has 0 amide bonds. The van der Waals surface area contributed by atoms with Gasteiger partial charge in [-0.15, -0.1) is 0 Å². The van der Waals surface area contributed by atoms with Crippen LogP contribution >= 0.6 is 0 Å². The van der Waals surface area contributed by atoms with Gasteiger partial charge in [-0.3, -0.25) is 0 Å². The number of pyridine rings is 1. The van der Waals surface area contributed by atoms with Crippen molar-refractivity contribution < 1.29 is 19.0 Å². The first-order valence-corrected chi connectivity index (χ1v) is 8.77. The highest BCUT2D eigenvalue weighted by atomic mass is 16.6. The van der Waals surface area contributed by atoms with Gasteiger partial charge in [0.05, 0.1) is 0 Å². The number of hydrogen-bond acceptors (Lipinski definition) is 5. The summed E-state index contributed by atoms with van der Waals surface area (Å²) in [5.41, 5.74) is 0. The van der Waals surface area contributed by atoms with Gasteiger partial charge in [-0.25, -0.2) is 9.78 Å². The van der Waals surface area contributed by atoms with Crippen LogP contribution in [0.15, 0.2) is 91.1 Å². The van der Waals surface area contributed by atoms with Crippen molar-refractivity contribution in [3.05, 3.63) is 91.1 Å². The Morgan fingerprint density at radius 2 is 1.46 bits per heavy atom. The van der Waals surface area contributed by atoms with Gasteiger partial charge in [0.2, 0.25) is 5.88 Å². The Morgan fingerprint density at radius 1 is 0.750 bits per heavy atom. The molecule has 0 bridgehead atoms. The van der Waals surface area contributed by atoms with Crippen molar-refractivity contribution in [1.29, 1.82) is 0 Å². The van der Waals surface area contributed by atoms with Crippen molar-refractivity contribution in [3.8, 4) is 23.1 Å². The van der Waals surface area contributed by atoms with Crippen molar-refractivity contribution in [3.63, 3.8) is 0 Å².